The van der Waals surface area contributed by atoms with Gasteiger partial charge in [0.2, 0.25) is 0 Å². The van der Waals surface area contributed by atoms with Crippen molar-refractivity contribution in [2.24, 2.45) is 5.92 Å². The van der Waals surface area contributed by atoms with E-state index in [1.807, 2.05) is 0 Å². The molecule has 0 fully saturated rings. The number of likely N-dealkylation sites (N-methyl/N-ethyl adjacent to an activating group) is 1. The minimum atomic E-state index is -0.248. The fourth-order valence-electron chi connectivity index (χ4n) is 3.00. The molecule has 0 saturated carbocycles. The molecular weight excluding hydrogens is 224 g/mol. The normalized spacial score (nSPS) is 21.4. The van der Waals surface area contributed by atoms with Gasteiger partial charge in [-0.15, -0.1) is 0 Å². The molecule has 1 aromatic heterocycles. The van der Waals surface area contributed by atoms with Gasteiger partial charge in [0.25, 0.3) is 0 Å². The van der Waals surface area contributed by atoms with E-state index in [1.165, 1.54) is 5.69 Å². The molecule has 1 heterocycles. The molecule has 2 atom stereocenters. The van der Waals surface area contributed by atoms with Crippen molar-refractivity contribution in [3.63, 3.8) is 0 Å². The molecule has 0 aliphatic heterocycles. The first-order chi connectivity index (χ1) is 8.50. The van der Waals surface area contributed by atoms with Crippen LogP contribution in [0.4, 0.5) is 0 Å². The second-order valence-electron chi connectivity index (χ2n) is 6.11. The van der Waals surface area contributed by atoms with E-state index in [0.717, 1.165) is 31.4 Å². The predicted octanol–water partition coefficient (Wildman–Crippen LogP) is 2.62. The first kappa shape index (κ1) is 13.6. The van der Waals surface area contributed by atoms with E-state index in [2.05, 4.69) is 49.7 Å². The van der Waals surface area contributed by atoms with Crippen molar-refractivity contribution in [2.45, 2.75) is 45.3 Å². The summed E-state index contributed by atoms with van der Waals surface area (Å²) in [5.41, 5.74) is 2.51. The molecule has 1 aliphatic carbocycles. The van der Waals surface area contributed by atoms with Gasteiger partial charge in [-0.25, -0.2) is 0 Å². The van der Waals surface area contributed by atoms with Gasteiger partial charge in [-0.3, -0.25) is 0 Å². The Kier molecular flexibility index (Phi) is 4.13. The van der Waals surface area contributed by atoms with Gasteiger partial charge in [0, 0.05) is 30.0 Å². The van der Waals surface area contributed by atoms with Crippen LogP contribution >= 0.6 is 0 Å². The van der Waals surface area contributed by atoms with E-state index in [9.17, 15) is 5.11 Å². The van der Waals surface area contributed by atoms with Crippen LogP contribution in [0.2, 0.25) is 0 Å². The van der Waals surface area contributed by atoms with Gasteiger partial charge in [-0.2, -0.15) is 0 Å². The summed E-state index contributed by atoms with van der Waals surface area (Å²) < 4.78 is 2.41. The lowest BCUT2D eigenvalue weighted by molar-refractivity contribution is 0.154. The summed E-state index contributed by atoms with van der Waals surface area (Å²) >= 11 is 0. The lowest BCUT2D eigenvalue weighted by Gasteiger charge is -2.30. The minimum Gasteiger partial charge on any atom is -0.388 e. The summed E-state index contributed by atoms with van der Waals surface area (Å²) in [5.74, 6) is 0.600. The number of aliphatic hydroxyl groups is 1. The minimum absolute atomic E-state index is 0.248. The van der Waals surface area contributed by atoms with Crippen molar-refractivity contribution in [2.75, 3.05) is 20.6 Å². The molecule has 3 heteroatoms. The largest absolute Gasteiger partial charge is 0.388 e. The van der Waals surface area contributed by atoms with Gasteiger partial charge >= 0.3 is 0 Å². The monoisotopic (exact) mass is 250 g/mol. The first-order valence-corrected chi connectivity index (χ1v) is 7.03. The van der Waals surface area contributed by atoms with Crippen LogP contribution in [-0.2, 0) is 6.42 Å². The average Bonchev–Trinajstić information content (AvgIpc) is 2.70. The maximum atomic E-state index is 10.1. The highest BCUT2D eigenvalue weighted by atomic mass is 16.3. The van der Waals surface area contributed by atoms with Crippen molar-refractivity contribution in [1.82, 2.24) is 9.47 Å². The zero-order valence-electron chi connectivity index (χ0n) is 12.1. The molecule has 0 radical (unpaired) electrons. The summed E-state index contributed by atoms with van der Waals surface area (Å²) in [4.78, 5) is 2.25. The maximum Gasteiger partial charge on any atom is 0.0807 e. The number of hydrogen-bond donors (Lipinski definition) is 1. The third-order valence-corrected chi connectivity index (χ3v) is 3.99. The topological polar surface area (TPSA) is 28.4 Å². The molecule has 0 spiro atoms. The quantitative estimate of drug-likeness (QED) is 0.890. The van der Waals surface area contributed by atoms with E-state index in [1.54, 1.807) is 0 Å². The summed E-state index contributed by atoms with van der Waals surface area (Å²) in [7, 11) is 4.25. The Morgan fingerprint density at radius 3 is 2.78 bits per heavy atom. The smallest absolute Gasteiger partial charge is 0.0807 e. The van der Waals surface area contributed by atoms with E-state index in [0.29, 0.717) is 12.0 Å². The van der Waals surface area contributed by atoms with E-state index >= 15 is 0 Å². The molecule has 0 saturated heterocycles. The number of fused-ring (bicyclic) bond motifs is 1. The van der Waals surface area contributed by atoms with Crippen LogP contribution in [-0.4, -0.2) is 35.2 Å². The van der Waals surface area contributed by atoms with Crippen LogP contribution in [0.25, 0.3) is 0 Å². The van der Waals surface area contributed by atoms with E-state index in [-0.39, 0.29) is 6.10 Å². The van der Waals surface area contributed by atoms with Crippen LogP contribution in [0.15, 0.2) is 12.3 Å². The lowest BCUT2D eigenvalue weighted by Crippen LogP contribution is -2.29. The Morgan fingerprint density at radius 2 is 2.17 bits per heavy atom. The Balaban J connectivity index is 2.31. The molecule has 2 rings (SSSR count). The fourth-order valence-corrected chi connectivity index (χ4v) is 3.00. The molecule has 18 heavy (non-hydrogen) atoms. The summed E-state index contributed by atoms with van der Waals surface area (Å²) in [6, 6.07) is 2.61. The second-order valence-corrected chi connectivity index (χ2v) is 6.11. The summed E-state index contributed by atoms with van der Waals surface area (Å²) in [5, 5.41) is 10.1. The molecule has 3 nitrogen and oxygen atoms in total. The highest BCUT2D eigenvalue weighted by Crippen LogP contribution is 2.33. The van der Waals surface area contributed by atoms with Crippen molar-refractivity contribution in [1.29, 1.82) is 0 Å². The molecule has 0 amide bonds. The number of aromatic nitrogens is 1. The molecular formula is C15H26N2O. The van der Waals surface area contributed by atoms with Crippen LogP contribution in [0.3, 0.4) is 0 Å². The van der Waals surface area contributed by atoms with Crippen molar-refractivity contribution in [3.05, 3.63) is 23.5 Å². The Labute approximate surface area is 110 Å². The number of rotatable bonds is 4. The molecule has 1 aromatic rings. The first-order valence-electron chi connectivity index (χ1n) is 7.03. The molecule has 0 bridgehead atoms. The van der Waals surface area contributed by atoms with Gasteiger partial charge < -0.3 is 14.6 Å². The van der Waals surface area contributed by atoms with Crippen molar-refractivity contribution in [3.8, 4) is 0 Å². The Morgan fingerprint density at radius 1 is 1.44 bits per heavy atom. The van der Waals surface area contributed by atoms with Crippen LogP contribution in [0.1, 0.15) is 50.1 Å². The number of hydrogen-bond acceptors (Lipinski definition) is 2. The third kappa shape index (κ3) is 2.62. The van der Waals surface area contributed by atoms with Crippen LogP contribution in [0.5, 0.6) is 0 Å². The molecule has 1 N–H and O–H groups in total. The SMILES string of the molecule is CC(C)C(CN(C)C)n1ccc2c1CCCC2O. The van der Waals surface area contributed by atoms with Gasteiger partial charge in [0.05, 0.1) is 6.10 Å². The fraction of sp³-hybridized carbons (Fsp3) is 0.733. The zero-order chi connectivity index (χ0) is 13.3. The lowest BCUT2D eigenvalue weighted by atomic mass is 9.94. The second kappa shape index (κ2) is 5.45. The van der Waals surface area contributed by atoms with Gasteiger partial charge in [0.15, 0.2) is 0 Å². The van der Waals surface area contributed by atoms with Gasteiger partial charge in [-0.1, -0.05) is 13.8 Å². The Bertz CT molecular complexity index is 395. The van der Waals surface area contributed by atoms with Crippen molar-refractivity contribution >= 4 is 0 Å². The molecule has 1 aliphatic rings. The predicted molar refractivity (Wildman–Crippen MR) is 74.8 cm³/mol. The highest BCUT2D eigenvalue weighted by molar-refractivity contribution is 5.28. The molecule has 0 aromatic carbocycles. The zero-order valence-corrected chi connectivity index (χ0v) is 12.1. The van der Waals surface area contributed by atoms with E-state index in [4.69, 9.17) is 0 Å². The Hall–Kier alpha value is -0.800. The molecule has 2 unspecified atom stereocenters. The van der Waals surface area contributed by atoms with Crippen LogP contribution < -0.4 is 0 Å². The van der Waals surface area contributed by atoms with Crippen molar-refractivity contribution < 1.29 is 5.11 Å². The summed E-state index contributed by atoms with van der Waals surface area (Å²) in [6.45, 7) is 5.61. The standard InChI is InChI=1S/C15H26N2O/c1-11(2)14(10-16(3)4)17-9-8-12-13(17)6-5-7-15(12)18/h8-9,11,14-15,18H,5-7,10H2,1-4H3. The summed E-state index contributed by atoms with van der Waals surface area (Å²) in [6.07, 6.45) is 5.05. The maximum absolute atomic E-state index is 10.1. The highest BCUT2D eigenvalue weighted by Gasteiger charge is 2.25. The average molecular weight is 250 g/mol. The van der Waals surface area contributed by atoms with Gasteiger partial charge in [-0.05, 0) is 45.3 Å². The third-order valence-electron chi connectivity index (χ3n) is 3.99. The number of aliphatic hydroxyl groups excluding tert-OH is 1. The van der Waals surface area contributed by atoms with E-state index < -0.39 is 0 Å². The van der Waals surface area contributed by atoms with Gasteiger partial charge in [0.1, 0.15) is 0 Å². The molecule has 102 valence electrons. The number of nitrogens with zero attached hydrogens (tertiary/aromatic N) is 2. The van der Waals surface area contributed by atoms with Crippen LogP contribution in [0, 0.1) is 5.92 Å².